The molecule has 1 atom stereocenters. The molecular formula is C14H16N2O4. The minimum Gasteiger partial charge on any atom is -0.480 e. The molecule has 0 aromatic heterocycles. The van der Waals surface area contributed by atoms with Gasteiger partial charge in [-0.3, -0.25) is 14.4 Å². The Morgan fingerprint density at radius 3 is 2.45 bits per heavy atom. The summed E-state index contributed by atoms with van der Waals surface area (Å²) in [4.78, 5) is 35.8. The van der Waals surface area contributed by atoms with Crippen molar-refractivity contribution in [1.82, 2.24) is 5.32 Å². The topological polar surface area (TPSA) is 86.7 Å². The van der Waals surface area contributed by atoms with Crippen molar-refractivity contribution in [2.24, 2.45) is 0 Å². The van der Waals surface area contributed by atoms with Gasteiger partial charge in [-0.05, 0) is 37.6 Å². The molecule has 1 aromatic rings. The maximum absolute atomic E-state index is 11.8. The smallest absolute Gasteiger partial charge is 0.325 e. The number of benzene rings is 1. The Hall–Kier alpha value is -2.37. The molecule has 6 heteroatoms. The third-order valence-corrected chi connectivity index (χ3v) is 3.23. The molecule has 1 heterocycles. The number of hydrogen-bond donors (Lipinski definition) is 2. The van der Waals surface area contributed by atoms with E-state index >= 15 is 0 Å². The molecule has 106 valence electrons. The Labute approximate surface area is 116 Å². The average Bonchev–Trinajstić information content (AvgIpc) is 2.85. The zero-order chi connectivity index (χ0) is 14.7. The van der Waals surface area contributed by atoms with Crippen LogP contribution in [0.4, 0.5) is 5.69 Å². The number of hydrogen-bond acceptors (Lipinski definition) is 3. The number of aliphatic carboxylic acids is 1. The highest BCUT2D eigenvalue weighted by atomic mass is 16.4. The third kappa shape index (κ3) is 2.96. The Balaban J connectivity index is 2.06. The van der Waals surface area contributed by atoms with E-state index in [0.29, 0.717) is 18.5 Å². The van der Waals surface area contributed by atoms with E-state index in [9.17, 15) is 14.4 Å². The van der Waals surface area contributed by atoms with Crippen molar-refractivity contribution in [3.8, 4) is 0 Å². The van der Waals surface area contributed by atoms with Crippen LogP contribution in [0.5, 0.6) is 0 Å². The Kier molecular flexibility index (Phi) is 4.02. The summed E-state index contributed by atoms with van der Waals surface area (Å²) in [6.07, 6.45) is 1.40. The van der Waals surface area contributed by atoms with Crippen LogP contribution in [0.2, 0.25) is 0 Å². The van der Waals surface area contributed by atoms with Gasteiger partial charge in [-0.15, -0.1) is 0 Å². The van der Waals surface area contributed by atoms with E-state index in [4.69, 9.17) is 5.11 Å². The summed E-state index contributed by atoms with van der Waals surface area (Å²) in [5, 5.41) is 11.1. The number of nitrogens with zero attached hydrogens (tertiary/aromatic N) is 1. The van der Waals surface area contributed by atoms with E-state index in [1.165, 1.54) is 6.92 Å². The van der Waals surface area contributed by atoms with Crippen molar-refractivity contribution in [2.45, 2.75) is 25.8 Å². The number of anilines is 1. The van der Waals surface area contributed by atoms with Crippen molar-refractivity contribution in [2.75, 3.05) is 11.4 Å². The second-order valence-electron chi connectivity index (χ2n) is 4.73. The number of rotatable bonds is 4. The van der Waals surface area contributed by atoms with Crippen molar-refractivity contribution < 1.29 is 19.5 Å². The molecule has 0 unspecified atom stereocenters. The molecule has 0 spiro atoms. The first-order chi connectivity index (χ1) is 9.49. The van der Waals surface area contributed by atoms with Crippen LogP contribution in [-0.2, 0) is 9.59 Å². The Bertz CT molecular complexity index is 539. The molecule has 1 aromatic carbocycles. The highest BCUT2D eigenvalue weighted by Crippen LogP contribution is 2.21. The van der Waals surface area contributed by atoms with Crippen molar-refractivity contribution in [3.05, 3.63) is 29.8 Å². The first-order valence-corrected chi connectivity index (χ1v) is 6.43. The molecule has 20 heavy (non-hydrogen) atoms. The van der Waals surface area contributed by atoms with E-state index in [1.807, 2.05) is 0 Å². The lowest BCUT2D eigenvalue weighted by Gasteiger charge is -2.16. The van der Waals surface area contributed by atoms with Gasteiger partial charge in [0.05, 0.1) is 0 Å². The zero-order valence-corrected chi connectivity index (χ0v) is 11.1. The fourth-order valence-electron chi connectivity index (χ4n) is 2.06. The fourth-order valence-corrected chi connectivity index (χ4v) is 2.06. The Morgan fingerprint density at radius 2 is 1.95 bits per heavy atom. The van der Waals surface area contributed by atoms with Crippen LogP contribution >= 0.6 is 0 Å². The van der Waals surface area contributed by atoms with Gasteiger partial charge >= 0.3 is 5.97 Å². The lowest BCUT2D eigenvalue weighted by Crippen LogP contribution is -2.38. The monoisotopic (exact) mass is 276 g/mol. The average molecular weight is 276 g/mol. The van der Waals surface area contributed by atoms with Crippen LogP contribution in [0.25, 0.3) is 0 Å². The van der Waals surface area contributed by atoms with Gasteiger partial charge in [0.2, 0.25) is 5.91 Å². The van der Waals surface area contributed by atoms with E-state index in [1.54, 1.807) is 29.2 Å². The lowest BCUT2D eigenvalue weighted by atomic mass is 10.1. The molecule has 1 saturated heterocycles. The highest BCUT2D eigenvalue weighted by molar-refractivity contribution is 5.98. The van der Waals surface area contributed by atoms with Gasteiger partial charge in [-0.2, -0.15) is 0 Å². The fraction of sp³-hybridized carbons (Fsp3) is 0.357. The Morgan fingerprint density at radius 1 is 1.30 bits per heavy atom. The molecule has 2 amide bonds. The second-order valence-corrected chi connectivity index (χ2v) is 4.73. The summed E-state index contributed by atoms with van der Waals surface area (Å²) < 4.78 is 0. The summed E-state index contributed by atoms with van der Waals surface area (Å²) in [5.41, 5.74) is 1.13. The molecule has 1 aliphatic rings. The quantitative estimate of drug-likeness (QED) is 0.859. The molecule has 2 rings (SSSR count). The number of carboxylic acid groups (broad SMARTS) is 1. The van der Waals surface area contributed by atoms with Crippen LogP contribution < -0.4 is 10.2 Å². The molecule has 0 radical (unpaired) electrons. The lowest BCUT2D eigenvalue weighted by molar-refractivity contribution is -0.138. The maximum Gasteiger partial charge on any atom is 0.325 e. The summed E-state index contributed by atoms with van der Waals surface area (Å²) in [5.74, 6) is -1.45. The van der Waals surface area contributed by atoms with Gasteiger partial charge in [0.15, 0.2) is 0 Å². The van der Waals surface area contributed by atoms with Crippen molar-refractivity contribution >= 4 is 23.5 Å². The van der Waals surface area contributed by atoms with Crippen molar-refractivity contribution in [3.63, 3.8) is 0 Å². The minimum absolute atomic E-state index is 0.0849. The SMILES string of the molecule is C[C@H](NC(=O)c1ccc(N2CCCC2=O)cc1)C(=O)O. The van der Waals surface area contributed by atoms with Crippen LogP contribution in [0.1, 0.15) is 30.1 Å². The maximum atomic E-state index is 11.8. The largest absolute Gasteiger partial charge is 0.480 e. The van der Waals surface area contributed by atoms with E-state index < -0.39 is 17.9 Å². The third-order valence-electron chi connectivity index (χ3n) is 3.23. The first kappa shape index (κ1) is 14.0. The van der Waals surface area contributed by atoms with Gasteiger partial charge < -0.3 is 15.3 Å². The summed E-state index contributed by atoms with van der Waals surface area (Å²) in [7, 11) is 0. The standard InChI is InChI=1S/C14H16N2O4/c1-9(14(19)20)15-13(18)10-4-6-11(7-5-10)16-8-2-3-12(16)17/h4-7,9H,2-3,8H2,1H3,(H,15,18)(H,19,20)/t9-/m0/s1. The minimum atomic E-state index is -1.09. The normalized spacial score (nSPS) is 16.1. The molecule has 1 aliphatic heterocycles. The van der Waals surface area contributed by atoms with Crippen LogP contribution in [0.15, 0.2) is 24.3 Å². The first-order valence-electron chi connectivity index (χ1n) is 6.43. The van der Waals surface area contributed by atoms with Crippen LogP contribution in [0, 0.1) is 0 Å². The molecule has 0 bridgehead atoms. The number of amides is 2. The van der Waals surface area contributed by atoms with Gasteiger partial charge in [-0.25, -0.2) is 0 Å². The number of carbonyl (C=O) groups excluding carboxylic acids is 2. The highest BCUT2D eigenvalue weighted by Gasteiger charge is 2.22. The van der Waals surface area contributed by atoms with Crippen molar-refractivity contribution in [1.29, 1.82) is 0 Å². The van der Waals surface area contributed by atoms with Gasteiger partial charge in [0, 0.05) is 24.2 Å². The number of carboxylic acids is 1. The van der Waals surface area contributed by atoms with E-state index in [-0.39, 0.29) is 5.91 Å². The van der Waals surface area contributed by atoms with Gasteiger partial charge in [0.1, 0.15) is 6.04 Å². The molecular weight excluding hydrogens is 260 g/mol. The predicted molar refractivity (Wildman–Crippen MR) is 72.6 cm³/mol. The number of carbonyl (C=O) groups is 3. The van der Waals surface area contributed by atoms with E-state index in [2.05, 4.69) is 5.32 Å². The van der Waals surface area contributed by atoms with Crippen LogP contribution in [-0.4, -0.2) is 35.5 Å². The van der Waals surface area contributed by atoms with Gasteiger partial charge in [-0.1, -0.05) is 0 Å². The second kappa shape index (κ2) is 5.73. The molecule has 0 aliphatic carbocycles. The number of nitrogens with one attached hydrogen (secondary N) is 1. The molecule has 1 fully saturated rings. The molecule has 2 N–H and O–H groups in total. The predicted octanol–water partition coefficient (Wildman–Crippen LogP) is 1.02. The van der Waals surface area contributed by atoms with Crippen LogP contribution in [0.3, 0.4) is 0 Å². The summed E-state index contributed by atoms with van der Waals surface area (Å²) in [6, 6.07) is 5.63. The summed E-state index contributed by atoms with van der Waals surface area (Å²) >= 11 is 0. The van der Waals surface area contributed by atoms with Gasteiger partial charge in [0.25, 0.3) is 5.91 Å². The molecule has 6 nitrogen and oxygen atoms in total. The van der Waals surface area contributed by atoms with E-state index in [0.717, 1.165) is 12.1 Å². The summed E-state index contributed by atoms with van der Waals surface area (Å²) in [6.45, 7) is 2.10. The molecule has 0 saturated carbocycles. The zero-order valence-electron chi connectivity index (χ0n) is 11.1.